The molecule has 0 saturated carbocycles. The summed E-state index contributed by atoms with van der Waals surface area (Å²) in [5, 5.41) is 0. The molecule has 4 rings (SSSR count). The summed E-state index contributed by atoms with van der Waals surface area (Å²) in [5.41, 5.74) is -0.450. The van der Waals surface area contributed by atoms with Gasteiger partial charge in [0, 0.05) is 51.6 Å². The molecule has 0 bridgehead atoms. The Bertz CT molecular complexity index is 697. The molecule has 1 aromatic heterocycles. The summed E-state index contributed by atoms with van der Waals surface area (Å²) in [6.45, 7) is 5.52. The van der Waals surface area contributed by atoms with Crippen molar-refractivity contribution in [3.8, 4) is 0 Å². The zero-order valence-corrected chi connectivity index (χ0v) is 16.8. The van der Waals surface area contributed by atoms with Gasteiger partial charge in [-0.1, -0.05) is 0 Å². The van der Waals surface area contributed by atoms with Crippen molar-refractivity contribution < 1.29 is 18.7 Å². The highest BCUT2D eigenvalue weighted by molar-refractivity contribution is 5.91. The molecular weight excluding hydrogens is 360 g/mol. The Kier molecular flexibility index (Phi) is 5.33. The number of hydrogen-bond donors (Lipinski definition) is 0. The molecule has 8 nitrogen and oxygen atoms in total. The first-order valence-corrected chi connectivity index (χ1v) is 10.2. The molecule has 0 radical (unpaired) electrons. The number of likely N-dealkylation sites (N-methyl/N-ethyl adjacent to an activating group) is 1. The standard InChI is InChI=1S/C20H30N4O4/c1-21(2)16-5-8-22(14-16)11-12-24-15-20(28-19(24)26)6-9-23(10-7-20)18(25)17-4-3-13-27-17/h3-4,13,16H,5-12,14-15H2,1-2H3/t16-/m0/s1. The van der Waals surface area contributed by atoms with E-state index in [9.17, 15) is 9.59 Å². The van der Waals surface area contributed by atoms with Gasteiger partial charge in [-0.15, -0.1) is 0 Å². The predicted molar refractivity (Wildman–Crippen MR) is 103 cm³/mol. The third-order valence-electron chi connectivity index (χ3n) is 6.40. The number of amides is 2. The molecule has 28 heavy (non-hydrogen) atoms. The summed E-state index contributed by atoms with van der Waals surface area (Å²) in [7, 11) is 4.25. The van der Waals surface area contributed by atoms with Crippen LogP contribution >= 0.6 is 0 Å². The average molecular weight is 390 g/mol. The Morgan fingerprint density at radius 2 is 2.04 bits per heavy atom. The second-order valence-electron chi connectivity index (χ2n) is 8.45. The maximum Gasteiger partial charge on any atom is 0.410 e. The number of likely N-dealkylation sites (tertiary alicyclic amines) is 2. The number of hydrogen-bond acceptors (Lipinski definition) is 6. The van der Waals surface area contributed by atoms with Crippen LogP contribution in [-0.2, 0) is 4.74 Å². The van der Waals surface area contributed by atoms with Crippen molar-refractivity contribution in [1.29, 1.82) is 0 Å². The Labute approximate surface area is 166 Å². The van der Waals surface area contributed by atoms with Crippen LogP contribution in [0.15, 0.2) is 22.8 Å². The molecule has 1 atom stereocenters. The lowest BCUT2D eigenvalue weighted by molar-refractivity contribution is 0.00226. The number of ether oxygens (including phenoxy) is 1. The molecule has 1 aromatic rings. The second-order valence-corrected chi connectivity index (χ2v) is 8.45. The molecule has 0 unspecified atom stereocenters. The molecule has 1 spiro atoms. The summed E-state index contributed by atoms with van der Waals surface area (Å²) >= 11 is 0. The normalized spacial score (nSPS) is 25.1. The van der Waals surface area contributed by atoms with E-state index in [1.807, 2.05) is 4.90 Å². The number of furan rings is 1. The van der Waals surface area contributed by atoms with Crippen molar-refractivity contribution in [1.82, 2.24) is 19.6 Å². The first-order chi connectivity index (χ1) is 13.5. The van der Waals surface area contributed by atoms with Crippen LogP contribution < -0.4 is 0 Å². The van der Waals surface area contributed by atoms with Crippen molar-refractivity contribution in [2.75, 3.05) is 59.9 Å². The fourth-order valence-electron chi connectivity index (χ4n) is 4.50. The van der Waals surface area contributed by atoms with E-state index in [0.29, 0.717) is 50.8 Å². The Hall–Kier alpha value is -2.06. The highest BCUT2D eigenvalue weighted by atomic mass is 16.6. The van der Waals surface area contributed by atoms with Crippen LogP contribution in [0.2, 0.25) is 0 Å². The lowest BCUT2D eigenvalue weighted by Gasteiger charge is -2.37. The third-order valence-corrected chi connectivity index (χ3v) is 6.40. The molecule has 0 aromatic carbocycles. The summed E-state index contributed by atoms with van der Waals surface area (Å²) in [5.74, 6) is 0.271. The summed E-state index contributed by atoms with van der Waals surface area (Å²) in [4.78, 5) is 33.2. The zero-order valence-electron chi connectivity index (χ0n) is 16.8. The van der Waals surface area contributed by atoms with Crippen molar-refractivity contribution in [2.45, 2.75) is 30.9 Å². The zero-order chi connectivity index (χ0) is 19.7. The Balaban J connectivity index is 1.26. The van der Waals surface area contributed by atoms with Crippen molar-refractivity contribution in [3.63, 3.8) is 0 Å². The predicted octanol–water partition coefficient (Wildman–Crippen LogP) is 1.34. The highest BCUT2D eigenvalue weighted by Gasteiger charge is 2.47. The maximum atomic E-state index is 12.4. The third kappa shape index (κ3) is 3.89. The van der Waals surface area contributed by atoms with Crippen LogP contribution in [0.3, 0.4) is 0 Å². The van der Waals surface area contributed by atoms with Gasteiger partial charge in [0.15, 0.2) is 5.76 Å². The fourth-order valence-corrected chi connectivity index (χ4v) is 4.50. The first-order valence-electron chi connectivity index (χ1n) is 10.2. The number of nitrogens with zero attached hydrogens (tertiary/aromatic N) is 4. The molecule has 0 aliphatic carbocycles. The van der Waals surface area contributed by atoms with Gasteiger partial charge in [0.05, 0.1) is 12.8 Å². The number of rotatable bonds is 5. The van der Waals surface area contributed by atoms with E-state index in [2.05, 4.69) is 23.9 Å². The van der Waals surface area contributed by atoms with E-state index in [1.54, 1.807) is 17.0 Å². The fraction of sp³-hybridized carbons (Fsp3) is 0.700. The molecular formula is C20H30N4O4. The van der Waals surface area contributed by atoms with Gasteiger partial charge in [-0.05, 0) is 39.2 Å². The van der Waals surface area contributed by atoms with Gasteiger partial charge in [0.25, 0.3) is 5.91 Å². The highest BCUT2D eigenvalue weighted by Crippen LogP contribution is 2.33. The lowest BCUT2D eigenvalue weighted by atomic mass is 9.91. The lowest BCUT2D eigenvalue weighted by Crippen LogP contribution is -2.49. The monoisotopic (exact) mass is 390 g/mol. The van der Waals surface area contributed by atoms with Gasteiger partial charge >= 0.3 is 6.09 Å². The van der Waals surface area contributed by atoms with E-state index in [1.165, 1.54) is 12.7 Å². The number of carbonyl (C=O) groups excluding carboxylic acids is 2. The molecule has 0 N–H and O–H groups in total. The van der Waals surface area contributed by atoms with Crippen LogP contribution in [-0.4, -0.2) is 103 Å². The SMILES string of the molecule is CN(C)[C@H]1CCN(CCN2CC3(CCN(C(=O)c4ccco4)CC3)OC2=O)C1. The van der Waals surface area contributed by atoms with E-state index in [0.717, 1.165) is 19.6 Å². The van der Waals surface area contributed by atoms with Gasteiger partial charge in [-0.25, -0.2) is 4.79 Å². The molecule has 3 fully saturated rings. The van der Waals surface area contributed by atoms with Crippen LogP contribution in [0.4, 0.5) is 4.79 Å². The van der Waals surface area contributed by atoms with Crippen LogP contribution in [0, 0.1) is 0 Å². The molecule has 3 aliphatic rings. The maximum absolute atomic E-state index is 12.4. The topological polar surface area (TPSA) is 69.5 Å². The van der Waals surface area contributed by atoms with E-state index in [-0.39, 0.29) is 12.0 Å². The minimum atomic E-state index is -0.450. The van der Waals surface area contributed by atoms with Gasteiger partial charge in [0.1, 0.15) is 5.60 Å². The van der Waals surface area contributed by atoms with E-state index in [4.69, 9.17) is 9.15 Å². The minimum absolute atomic E-state index is 0.0921. The summed E-state index contributed by atoms with van der Waals surface area (Å²) in [6.07, 6.45) is 3.83. The molecule has 4 heterocycles. The quantitative estimate of drug-likeness (QED) is 0.756. The van der Waals surface area contributed by atoms with Gasteiger partial charge in [-0.2, -0.15) is 0 Å². The van der Waals surface area contributed by atoms with Crippen molar-refractivity contribution in [3.05, 3.63) is 24.2 Å². The first kappa shape index (κ1) is 19.3. The number of carbonyl (C=O) groups is 2. The number of piperidine rings is 1. The second kappa shape index (κ2) is 7.75. The Morgan fingerprint density at radius 3 is 2.68 bits per heavy atom. The summed E-state index contributed by atoms with van der Waals surface area (Å²) in [6, 6.07) is 4.01. The average Bonchev–Trinajstić information content (AvgIpc) is 3.41. The van der Waals surface area contributed by atoms with Crippen LogP contribution in [0.25, 0.3) is 0 Å². The molecule has 154 valence electrons. The van der Waals surface area contributed by atoms with Gasteiger partial charge in [0.2, 0.25) is 0 Å². The largest absolute Gasteiger partial charge is 0.459 e. The smallest absolute Gasteiger partial charge is 0.410 e. The summed E-state index contributed by atoms with van der Waals surface area (Å²) < 4.78 is 11.0. The minimum Gasteiger partial charge on any atom is -0.459 e. The van der Waals surface area contributed by atoms with Crippen molar-refractivity contribution in [2.24, 2.45) is 0 Å². The van der Waals surface area contributed by atoms with Gasteiger partial charge < -0.3 is 23.9 Å². The van der Waals surface area contributed by atoms with E-state index < -0.39 is 5.60 Å². The van der Waals surface area contributed by atoms with Crippen LogP contribution in [0.1, 0.15) is 29.8 Å². The van der Waals surface area contributed by atoms with E-state index >= 15 is 0 Å². The van der Waals surface area contributed by atoms with Crippen molar-refractivity contribution >= 4 is 12.0 Å². The van der Waals surface area contributed by atoms with Gasteiger partial charge in [-0.3, -0.25) is 9.69 Å². The molecule has 3 saturated heterocycles. The molecule has 3 aliphatic heterocycles. The Morgan fingerprint density at radius 1 is 1.25 bits per heavy atom. The van der Waals surface area contributed by atoms with Crippen LogP contribution in [0.5, 0.6) is 0 Å². The molecule has 2 amide bonds. The molecule has 8 heteroatoms.